The van der Waals surface area contributed by atoms with E-state index in [1.807, 2.05) is 0 Å². The van der Waals surface area contributed by atoms with Gasteiger partial charge in [0.2, 0.25) is 0 Å². The van der Waals surface area contributed by atoms with Crippen LogP contribution in [0.5, 0.6) is 0 Å². The molecule has 0 saturated carbocycles. The molecule has 0 atom stereocenters. The molecule has 3 nitrogen and oxygen atoms in total. The van der Waals surface area contributed by atoms with Crippen LogP contribution < -0.4 is 0 Å². The van der Waals surface area contributed by atoms with Gasteiger partial charge in [0.25, 0.3) is 0 Å². The van der Waals surface area contributed by atoms with Crippen LogP contribution in [-0.2, 0) is 0 Å². The van der Waals surface area contributed by atoms with Crippen molar-refractivity contribution >= 4 is 86.7 Å². The number of nitrogens with zero attached hydrogens (tertiary/aromatic N) is 3. The maximum Gasteiger partial charge on any atom is 0.165 e. The lowest BCUT2D eigenvalue weighted by Gasteiger charge is -2.16. The summed E-state index contributed by atoms with van der Waals surface area (Å²) >= 11 is 0. The summed E-state index contributed by atoms with van der Waals surface area (Å²) in [6, 6.07) is 58.8. The summed E-state index contributed by atoms with van der Waals surface area (Å²) in [5.74, 6) is 0.829. The summed E-state index contributed by atoms with van der Waals surface area (Å²) in [6.07, 6.45) is 0. The zero-order valence-electron chi connectivity index (χ0n) is 26.4. The molecule has 0 radical (unpaired) electrons. The Kier molecular flexibility index (Phi) is 5.38. The lowest BCUT2D eigenvalue weighted by atomic mass is 9.91. The molecule has 11 rings (SSSR count). The van der Waals surface area contributed by atoms with Crippen molar-refractivity contribution in [2.75, 3.05) is 0 Å². The van der Waals surface area contributed by atoms with Crippen LogP contribution in [0.1, 0.15) is 0 Å². The minimum atomic E-state index is 0.829. The van der Waals surface area contributed by atoms with E-state index in [1.54, 1.807) is 0 Å². The highest BCUT2D eigenvalue weighted by atomic mass is 15.1. The zero-order valence-corrected chi connectivity index (χ0v) is 26.4. The van der Waals surface area contributed by atoms with E-state index in [4.69, 9.17) is 9.97 Å². The van der Waals surface area contributed by atoms with Crippen LogP contribution in [0.3, 0.4) is 0 Å². The maximum absolute atomic E-state index is 5.62. The van der Waals surface area contributed by atoms with E-state index in [2.05, 4.69) is 168 Å². The van der Waals surface area contributed by atoms with Crippen LogP contribution in [0.2, 0.25) is 0 Å². The van der Waals surface area contributed by atoms with Crippen molar-refractivity contribution in [1.82, 2.24) is 14.5 Å². The predicted octanol–water partition coefficient (Wildman–Crippen LogP) is 12.2. The summed E-state index contributed by atoms with van der Waals surface area (Å²) in [5, 5.41) is 14.7. The van der Waals surface area contributed by atoms with E-state index in [1.165, 1.54) is 53.9 Å². The summed E-state index contributed by atoms with van der Waals surface area (Å²) in [4.78, 5) is 11.0. The number of fused-ring (bicyclic) bond motifs is 15. The molecule has 0 saturated heterocycles. The van der Waals surface area contributed by atoms with Crippen LogP contribution in [0, 0.1) is 0 Å². The van der Waals surface area contributed by atoms with Gasteiger partial charge in [-0.1, -0.05) is 152 Å². The zero-order chi connectivity index (χ0) is 32.1. The summed E-state index contributed by atoms with van der Waals surface area (Å²) < 4.78 is 2.40. The Labute approximate surface area is 281 Å². The number of rotatable bonds is 2. The fraction of sp³-hybridized carbons (Fsp3) is 0. The molecule has 0 fully saturated rings. The Bertz CT molecular complexity index is 3120. The number of hydrogen-bond acceptors (Lipinski definition) is 2. The monoisotopic (exact) mass is 621 g/mol. The summed E-state index contributed by atoms with van der Waals surface area (Å²) in [7, 11) is 0. The van der Waals surface area contributed by atoms with Crippen LogP contribution in [-0.4, -0.2) is 14.5 Å². The Morgan fingerprint density at radius 2 is 0.918 bits per heavy atom. The van der Waals surface area contributed by atoms with E-state index in [9.17, 15) is 0 Å². The summed E-state index contributed by atoms with van der Waals surface area (Å²) in [6.45, 7) is 0. The van der Waals surface area contributed by atoms with Crippen LogP contribution in [0.4, 0.5) is 0 Å². The standard InChI is InChI=1S/C46H27N3/c1-2-14-30(15-3-1)43-46(48-44-31-16-6-4-12-28(31)23-26-39(44)47-43)49-40-27-25-37-35-20-9-8-18-33(35)34-19-10-11-21-36(34)41(37)42(40)38-24-22-29-13-5-7-17-32(29)45(38)49/h1-27H. The second-order valence-corrected chi connectivity index (χ2v) is 12.9. The molecule has 226 valence electrons. The van der Waals surface area contributed by atoms with Crippen molar-refractivity contribution in [3.8, 4) is 17.1 Å². The SMILES string of the molecule is c1ccc(-c2nc3ccc4ccccc4c3nc2-n2c3ccc4c5ccccc5c5ccccc5c4c3c3ccc4ccccc4c32)cc1. The summed E-state index contributed by atoms with van der Waals surface area (Å²) in [5.41, 5.74) is 5.94. The molecule has 11 aromatic rings. The van der Waals surface area contributed by atoms with E-state index in [-0.39, 0.29) is 0 Å². The fourth-order valence-electron chi connectivity index (χ4n) is 8.21. The van der Waals surface area contributed by atoms with Gasteiger partial charge in [-0.05, 0) is 49.8 Å². The molecule has 0 bridgehead atoms. The maximum atomic E-state index is 5.62. The molecule has 9 aromatic carbocycles. The van der Waals surface area contributed by atoms with Gasteiger partial charge in [0, 0.05) is 32.5 Å². The van der Waals surface area contributed by atoms with Crippen LogP contribution in [0.15, 0.2) is 164 Å². The molecule has 0 amide bonds. The first-order chi connectivity index (χ1) is 24.3. The minimum Gasteiger partial charge on any atom is -0.291 e. The van der Waals surface area contributed by atoms with Gasteiger partial charge in [-0.15, -0.1) is 0 Å². The first-order valence-corrected chi connectivity index (χ1v) is 16.8. The smallest absolute Gasteiger partial charge is 0.165 e. The third-order valence-electron chi connectivity index (χ3n) is 10.3. The van der Waals surface area contributed by atoms with Gasteiger partial charge in [0.15, 0.2) is 5.82 Å². The molecule has 0 unspecified atom stereocenters. The Morgan fingerprint density at radius 3 is 1.67 bits per heavy atom. The molecule has 3 heteroatoms. The molecular formula is C46H27N3. The van der Waals surface area contributed by atoms with Crippen molar-refractivity contribution in [2.45, 2.75) is 0 Å². The van der Waals surface area contributed by atoms with E-state index < -0.39 is 0 Å². The first kappa shape index (κ1) is 26.5. The van der Waals surface area contributed by atoms with Crippen molar-refractivity contribution in [1.29, 1.82) is 0 Å². The topological polar surface area (TPSA) is 30.7 Å². The molecule has 0 aliphatic rings. The highest BCUT2D eigenvalue weighted by molar-refractivity contribution is 6.36. The van der Waals surface area contributed by atoms with Gasteiger partial charge in [-0.2, -0.15) is 0 Å². The van der Waals surface area contributed by atoms with Crippen LogP contribution >= 0.6 is 0 Å². The van der Waals surface area contributed by atoms with Crippen molar-refractivity contribution in [3.63, 3.8) is 0 Å². The molecule has 49 heavy (non-hydrogen) atoms. The van der Waals surface area contributed by atoms with Gasteiger partial charge < -0.3 is 0 Å². The predicted molar refractivity (Wildman–Crippen MR) is 207 cm³/mol. The minimum absolute atomic E-state index is 0.829. The highest BCUT2D eigenvalue weighted by Gasteiger charge is 2.23. The number of benzene rings is 9. The van der Waals surface area contributed by atoms with Gasteiger partial charge in [-0.25, -0.2) is 9.97 Å². The Balaban J connectivity index is 1.42. The van der Waals surface area contributed by atoms with Gasteiger partial charge in [-0.3, -0.25) is 4.57 Å². The van der Waals surface area contributed by atoms with Gasteiger partial charge in [0.1, 0.15) is 5.69 Å². The lowest BCUT2D eigenvalue weighted by Crippen LogP contribution is -2.04. The quantitative estimate of drug-likeness (QED) is 0.180. The van der Waals surface area contributed by atoms with Crippen LogP contribution in [0.25, 0.3) is 104 Å². The van der Waals surface area contributed by atoms with E-state index >= 15 is 0 Å². The average Bonchev–Trinajstić information content (AvgIpc) is 3.52. The molecule has 0 aliphatic heterocycles. The third-order valence-corrected chi connectivity index (χ3v) is 10.3. The van der Waals surface area contributed by atoms with E-state index in [0.717, 1.165) is 49.9 Å². The number of aromatic nitrogens is 3. The molecule has 0 aliphatic carbocycles. The normalized spacial score (nSPS) is 12.1. The highest BCUT2D eigenvalue weighted by Crippen LogP contribution is 2.45. The van der Waals surface area contributed by atoms with Crippen molar-refractivity contribution in [2.24, 2.45) is 0 Å². The average molecular weight is 622 g/mol. The lowest BCUT2D eigenvalue weighted by molar-refractivity contribution is 1.09. The van der Waals surface area contributed by atoms with Gasteiger partial charge >= 0.3 is 0 Å². The van der Waals surface area contributed by atoms with Crippen molar-refractivity contribution < 1.29 is 0 Å². The fourth-order valence-corrected chi connectivity index (χ4v) is 8.21. The number of hydrogen-bond donors (Lipinski definition) is 0. The largest absolute Gasteiger partial charge is 0.291 e. The first-order valence-electron chi connectivity index (χ1n) is 16.8. The molecule has 0 N–H and O–H groups in total. The van der Waals surface area contributed by atoms with Gasteiger partial charge in [0.05, 0.1) is 22.1 Å². The molecular weight excluding hydrogens is 595 g/mol. The second-order valence-electron chi connectivity index (χ2n) is 12.9. The Morgan fingerprint density at radius 1 is 0.367 bits per heavy atom. The van der Waals surface area contributed by atoms with E-state index in [0.29, 0.717) is 0 Å². The Hall–Kier alpha value is -6.58. The molecule has 2 heterocycles. The second kappa shape index (κ2) is 9.96. The third kappa shape index (κ3) is 3.67. The molecule has 0 spiro atoms. The molecule has 2 aromatic heterocycles. The van der Waals surface area contributed by atoms with Crippen molar-refractivity contribution in [3.05, 3.63) is 164 Å².